The molecule has 2 saturated heterocycles. The van der Waals surface area contributed by atoms with Crippen molar-refractivity contribution in [3.05, 3.63) is 35.9 Å². The monoisotopic (exact) mass is 373 g/mol. The van der Waals surface area contributed by atoms with Gasteiger partial charge in [0.1, 0.15) is 0 Å². The summed E-state index contributed by atoms with van der Waals surface area (Å²) in [5.41, 5.74) is 0.940. The Morgan fingerprint density at radius 3 is 2.48 bits per heavy atom. The van der Waals surface area contributed by atoms with E-state index in [-0.39, 0.29) is 36.6 Å². The number of carbonyl (C=O) groups excluding carboxylic acids is 2. The molecule has 0 aromatic heterocycles. The van der Waals surface area contributed by atoms with Crippen LogP contribution in [-0.2, 0) is 14.4 Å². The summed E-state index contributed by atoms with van der Waals surface area (Å²) in [6, 6.07) is 9.49. The Bertz CT molecular complexity index is 706. The molecule has 2 fully saturated rings. The number of carboxylic acids is 1. The summed E-state index contributed by atoms with van der Waals surface area (Å²) in [6.07, 6.45) is 0.219. The molecule has 0 aliphatic carbocycles. The van der Waals surface area contributed by atoms with Crippen LogP contribution >= 0.6 is 0 Å². The first kappa shape index (κ1) is 19.4. The molecular formula is C20H27N3O4. The van der Waals surface area contributed by atoms with Crippen LogP contribution in [0.15, 0.2) is 30.3 Å². The fourth-order valence-electron chi connectivity index (χ4n) is 4.00. The fourth-order valence-corrected chi connectivity index (χ4v) is 4.00. The summed E-state index contributed by atoms with van der Waals surface area (Å²) < 4.78 is 0. The first-order chi connectivity index (χ1) is 12.9. The third kappa shape index (κ3) is 4.30. The summed E-state index contributed by atoms with van der Waals surface area (Å²) in [4.78, 5) is 42.3. The Morgan fingerprint density at radius 2 is 1.85 bits per heavy atom. The Labute approximate surface area is 159 Å². The predicted octanol–water partition coefficient (Wildman–Crippen LogP) is 0.723. The fraction of sp³-hybridized carbons (Fsp3) is 0.550. The van der Waals surface area contributed by atoms with Gasteiger partial charge in [-0.2, -0.15) is 0 Å². The van der Waals surface area contributed by atoms with Crippen LogP contribution in [0.4, 0.5) is 0 Å². The quantitative estimate of drug-likeness (QED) is 0.795. The zero-order valence-corrected chi connectivity index (χ0v) is 15.9. The molecule has 1 aromatic carbocycles. The molecule has 27 heavy (non-hydrogen) atoms. The first-order valence-electron chi connectivity index (χ1n) is 9.36. The number of likely N-dealkylation sites (N-methyl/N-ethyl adjacent to an activating group) is 1. The van der Waals surface area contributed by atoms with Crippen LogP contribution in [0.1, 0.15) is 17.9 Å². The van der Waals surface area contributed by atoms with E-state index in [2.05, 4.69) is 0 Å². The Balaban J connectivity index is 1.67. The molecule has 0 radical (unpaired) electrons. The van der Waals surface area contributed by atoms with Crippen molar-refractivity contribution in [2.45, 2.75) is 12.3 Å². The van der Waals surface area contributed by atoms with Gasteiger partial charge in [-0.3, -0.25) is 14.4 Å². The minimum atomic E-state index is -0.880. The zero-order chi connectivity index (χ0) is 19.6. The van der Waals surface area contributed by atoms with Crippen molar-refractivity contribution in [2.75, 3.05) is 46.8 Å². The van der Waals surface area contributed by atoms with Crippen LogP contribution in [0, 0.1) is 11.8 Å². The first-order valence-corrected chi connectivity index (χ1v) is 9.36. The number of aliphatic carboxylic acids is 1. The van der Waals surface area contributed by atoms with E-state index < -0.39 is 11.9 Å². The number of rotatable bonds is 6. The van der Waals surface area contributed by atoms with E-state index in [1.807, 2.05) is 49.3 Å². The van der Waals surface area contributed by atoms with Crippen molar-refractivity contribution in [2.24, 2.45) is 11.8 Å². The molecule has 7 heteroatoms. The molecule has 3 rings (SSSR count). The van der Waals surface area contributed by atoms with E-state index >= 15 is 0 Å². The van der Waals surface area contributed by atoms with Crippen molar-refractivity contribution < 1.29 is 19.5 Å². The van der Waals surface area contributed by atoms with Crippen molar-refractivity contribution in [3.63, 3.8) is 0 Å². The van der Waals surface area contributed by atoms with Crippen LogP contribution in [0.3, 0.4) is 0 Å². The molecule has 2 aliphatic rings. The molecule has 1 N–H and O–H groups in total. The Morgan fingerprint density at radius 1 is 1.15 bits per heavy atom. The maximum Gasteiger partial charge on any atom is 0.308 e. The van der Waals surface area contributed by atoms with Gasteiger partial charge in [0.05, 0.1) is 11.8 Å². The van der Waals surface area contributed by atoms with Crippen molar-refractivity contribution >= 4 is 17.8 Å². The van der Waals surface area contributed by atoms with E-state index in [1.54, 1.807) is 9.80 Å². The summed E-state index contributed by atoms with van der Waals surface area (Å²) in [7, 11) is 3.90. The second kappa shape index (κ2) is 8.08. The molecule has 2 amide bonds. The number of benzene rings is 1. The highest BCUT2D eigenvalue weighted by Gasteiger charge is 2.44. The van der Waals surface area contributed by atoms with Gasteiger partial charge in [-0.05, 0) is 19.7 Å². The second-order valence-corrected chi connectivity index (χ2v) is 7.75. The van der Waals surface area contributed by atoms with Gasteiger partial charge in [-0.15, -0.1) is 0 Å². The molecule has 7 nitrogen and oxygen atoms in total. The molecular weight excluding hydrogens is 346 g/mol. The predicted molar refractivity (Wildman–Crippen MR) is 100 cm³/mol. The van der Waals surface area contributed by atoms with Gasteiger partial charge in [0, 0.05) is 45.1 Å². The third-order valence-corrected chi connectivity index (χ3v) is 5.56. The minimum absolute atomic E-state index is 0.00351. The molecule has 1 unspecified atom stereocenters. The van der Waals surface area contributed by atoms with Gasteiger partial charge in [0.15, 0.2) is 0 Å². The average Bonchev–Trinajstić information content (AvgIpc) is 3.24. The van der Waals surface area contributed by atoms with Crippen LogP contribution < -0.4 is 0 Å². The lowest BCUT2D eigenvalue weighted by Crippen LogP contribution is -2.37. The lowest BCUT2D eigenvalue weighted by atomic mass is 9.89. The topological polar surface area (TPSA) is 81.2 Å². The lowest BCUT2D eigenvalue weighted by molar-refractivity contribution is -0.142. The van der Waals surface area contributed by atoms with Crippen LogP contribution in [-0.4, -0.2) is 84.4 Å². The summed E-state index contributed by atoms with van der Waals surface area (Å²) in [6.45, 7) is 2.39. The largest absolute Gasteiger partial charge is 0.481 e. The van der Waals surface area contributed by atoms with Crippen molar-refractivity contribution in [1.82, 2.24) is 14.7 Å². The smallest absolute Gasteiger partial charge is 0.308 e. The van der Waals surface area contributed by atoms with Gasteiger partial charge >= 0.3 is 5.97 Å². The van der Waals surface area contributed by atoms with E-state index in [9.17, 15) is 19.5 Å². The number of hydrogen-bond acceptors (Lipinski definition) is 4. The highest BCUT2D eigenvalue weighted by molar-refractivity contribution is 5.90. The number of amides is 2. The SMILES string of the molecule is CN(C)CCN1CC(C(=O)N2C[C@H](C(=O)O)[C@@H](c3ccccc3)C2)CC1=O. The number of hydrogen-bond donors (Lipinski definition) is 1. The van der Waals surface area contributed by atoms with Gasteiger partial charge in [-0.25, -0.2) is 0 Å². The Hall–Kier alpha value is -2.41. The second-order valence-electron chi connectivity index (χ2n) is 7.75. The molecule has 3 atom stereocenters. The van der Waals surface area contributed by atoms with Gasteiger partial charge in [0.2, 0.25) is 11.8 Å². The summed E-state index contributed by atoms with van der Waals surface area (Å²) in [5.74, 6) is -2.17. The van der Waals surface area contributed by atoms with Crippen molar-refractivity contribution in [1.29, 1.82) is 0 Å². The summed E-state index contributed by atoms with van der Waals surface area (Å²) in [5, 5.41) is 9.61. The van der Waals surface area contributed by atoms with E-state index in [0.717, 1.165) is 12.1 Å². The molecule has 0 bridgehead atoms. The number of nitrogens with zero attached hydrogens (tertiary/aromatic N) is 3. The minimum Gasteiger partial charge on any atom is -0.481 e. The van der Waals surface area contributed by atoms with Gasteiger partial charge < -0.3 is 19.8 Å². The van der Waals surface area contributed by atoms with Crippen LogP contribution in [0.5, 0.6) is 0 Å². The van der Waals surface area contributed by atoms with E-state index in [1.165, 1.54) is 0 Å². The highest BCUT2D eigenvalue weighted by atomic mass is 16.4. The zero-order valence-electron chi connectivity index (χ0n) is 15.9. The van der Waals surface area contributed by atoms with E-state index in [0.29, 0.717) is 19.6 Å². The number of likely N-dealkylation sites (tertiary alicyclic amines) is 2. The lowest BCUT2D eigenvalue weighted by Gasteiger charge is -2.22. The molecule has 1 aromatic rings. The highest BCUT2D eigenvalue weighted by Crippen LogP contribution is 2.34. The van der Waals surface area contributed by atoms with Gasteiger partial charge in [0.25, 0.3) is 0 Å². The van der Waals surface area contributed by atoms with E-state index in [4.69, 9.17) is 0 Å². The van der Waals surface area contributed by atoms with Gasteiger partial charge in [-0.1, -0.05) is 30.3 Å². The standard InChI is InChI=1S/C20H27N3O4/c1-21(2)8-9-22-11-15(10-18(22)24)19(25)23-12-16(17(13-23)20(26)27)14-6-4-3-5-7-14/h3-7,15-17H,8-13H2,1-2H3,(H,26,27)/t15?,16-,17+/m1/s1. The maximum absolute atomic E-state index is 13.0. The average molecular weight is 373 g/mol. The van der Waals surface area contributed by atoms with Crippen LogP contribution in [0.2, 0.25) is 0 Å². The number of carboxylic acid groups (broad SMARTS) is 1. The third-order valence-electron chi connectivity index (χ3n) is 5.56. The molecule has 2 aliphatic heterocycles. The molecule has 0 spiro atoms. The normalized spacial score (nSPS) is 25.4. The molecule has 0 saturated carbocycles. The van der Waals surface area contributed by atoms with Crippen LogP contribution in [0.25, 0.3) is 0 Å². The Kier molecular flexibility index (Phi) is 5.79. The molecule has 146 valence electrons. The molecule has 2 heterocycles. The maximum atomic E-state index is 13.0. The summed E-state index contributed by atoms with van der Waals surface area (Å²) >= 11 is 0. The number of carbonyl (C=O) groups is 3. The van der Waals surface area contributed by atoms with Crippen molar-refractivity contribution in [3.8, 4) is 0 Å².